The van der Waals surface area contributed by atoms with E-state index in [1.165, 1.54) is 39.0 Å². The topological polar surface area (TPSA) is 245 Å². The molecule has 0 aromatic rings. The van der Waals surface area contributed by atoms with E-state index in [0.29, 0.717) is 75.4 Å². The zero-order valence-corrected chi connectivity index (χ0v) is 62.7. The van der Waals surface area contributed by atoms with Crippen molar-refractivity contribution >= 4 is 99.7 Å². The van der Waals surface area contributed by atoms with Gasteiger partial charge in [0.05, 0.1) is 43.2 Å². The van der Waals surface area contributed by atoms with Crippen LogP contribution in [0.3, 0.4) is 0 Å². The Morgan fingerprint density at radius 3 is 1.08 bits per heavy atom. The Bertz CT molecular complexity index is 2750. The first-order valence-corrected chi connectivity index (χ1v) is 33.2. The molecule has 0 saturated carbocycles. The maximum Gasteiger partial charge on any atom is 0.274 e. The van der Waals surface area contributed by atoms with Gasteiger partial charge in [-0.1, -0.05) is 118 Å². The standard InChI is InChI=1S/C10H17NO.C9H13NO2.C9H18O.C8H11NO2.C7H7Cl2NO2.C7H8ClNO2.C7H9NO2.C7H14O.C6H12O/c1-4-10(12)9-6-5-7-11(9)8(2)3;1-5(2)10-8(11)6(3)7(4)9(10)12;1-6(2)7-8(10-7)9(3,4)5;1-5(2)9-7(10)4-6(3)8(9)11;1-3(2)10-6(11)4(8)5(9)7(10)12;1-4(2)9-6(10)3-5(8)7(9)11;1-5(2)8-6(9)3-4-7(8)10;1-5-6(8-5)7(2,3)4;1-6(2,3)5-4-7-5/h4,8-9H,1,5-7H2,2-3H3;5H,1-4H3;6-8H,1-5H3;4-5H,1-3H3;3H,1-2H3;3-4H,1-2H3;3-5H,1-2H3;5-6H,1-4H3;5H,4H2,1-3H3. The van der Waals surface area contributed by atoms with Crippen LogP contribution in [0, 0.1) is 22.2 Å². The Hall–Kier alpha value is -5.48. The fraction of sp³-hybridized carbons (Fsp3) is 0.671. The second kappa shape index (κ2) is 36.0. The van der Waals surface area contributed by atoms with Crippen LogP contribution in [0.25, 0.3) is 0 Å². The van der Waals surface area contributed by atoms with Gasteiger partial charge >= 0.3 is 0 Å². The molecule has 4 fully saturated rings. The van der Waals surface area contributed by atoms with Crippen LogP contribution in [0.5, 0.6) is 0 Å². The normalized spacial score (nSPS) is 23.3. The van der Waals surface area contributed by atoms with Crippen molar-refractivity contribution < 1.29 is 67.0 Å². The van der Waals surface area contributed by atoms with Crippen LogP contribution in [0.2, 0.25) is 0 Å². The number of carbonyl (C=O) groups excluding carboxylic acids is 11. The molecule has 6 unspecified atom stereocenters. The van der Waals surface area contributed by atoms with Crippen molar-refractivity contribution in [2.75, 3.05) is 13.2 Å². The van der Waals surface area contributed by atoms with Crippen LogP contribution in [-0.4, -0.2) is 180 Å². The van der Waals surface area contributed by atoms with E-state index in [1.807, 2.05) is 41.5 Å². The molecular formula is C70H109Cl3N6O14. The molecule has 524 valence electrons. The molecular weight excluding hydrogens is 1260 g/mol. The maximum absolute atomic E-state index is 11.4. The molecule has 0 aliphatic carbocycles. The largest absolute Gasteiger partial charge is 0.373 e. The third-order valence-corrected chi connectivity index (χ3v) is 16.6. The molecule has 9 aliphatic heterocycles. The van der Waals surface area contributed by atoms with Gasteiger partial charge in [-0.05, 0) is 158 Å². The van der Waals surface area contributed by atoms with Gasteiger partial charge < -0.3 is 14.2 Å². The van der Waals surface area contributed by atoms with E-state index in [1.54, 1.807) is 48.5 Å². The van der Waals surface area contributed by atoms with Crippen LogP contribution in [0.4, 0.5) is 0 Å². The van der Waals surface area contributed by atoms with E-state index in [0.717, 1.165) is 41.9 Å². The summed E-state index contributed by atoms with van der Waals surface area (Å²) in [5.41, 5.74) is 2.78. The highest BCUT2D eigenvalue weighted by atomic mass is 35.5. The Morgan fingerprint density at radius 1 is 0.516 bits per heavy atom. The van der Waals surface area contributed by atoms with Gasteiger partial charge in [0.2, 0.25) is 0 Å². The first-order valence-electron chi connectivity index (χ1n) is 32.0. The lowest BCUT2D eigenvalue weighted by Gasteiger charge is -2.26. The predicted octanol–water partition coefficient (Wildman–Crippen LogP) is 11.8. The van der Waals surface area contributed by atoms with E-state index in [4.69, 9.17) is 49.0 Å². The lowest BCUT2D eigenvalue weighted by atomic mass is 9.87. The monoisotopic (exact) mass is 1360 g/mol. The summed E-state index contributed by atoms with van der Waals surface area (Å²) in [5, 5.41) is -0.366. The highest BCUT2D eigenvalue weighted by Gasteiger charge is 2.48. The number of likely N-dealkylation sites (tertiary alicyclic amines) is 1. The van der Waals surface area contributed by atoms with Gasteiger partial charge in [0.15, 0.2) is 5.78 Å². The van der Waals surface area contributed by atoms with Crippen LogP contribution in [0.15, 0.2) is 68.8 Å². The molecule has 9 aliphatic rings. The minimum absolute atomic E-state index is 0.00343. The van der Waals surface area contributed by atoms with E-state index in [9.17, 15) is 52.7 Å². The van der Waals surface area contributed by atoms with Crippen molar-refractivity contribution in [1.29, 1.82) is 0 Å². The predicted molar refractivity (Wildman–Crippen MR) is 365 cm³/mol. The molecule has 4 saturated heterocycles. The third kappa shape index (κ3) is 25.2. The number of halogens is 3. The zero-order valence-electron chi connectivity index (χ0n) is 60.5. The van der Waals surface area contributed by atoms with Crippen molar-refractivity contribution in [3.8, 4) is 0 Å². The fourth-order valence-electron chi connectivity index (χ4n) is 9.98. The molecule has 93 heavy (non-hydrogen) atoms. The number of amides is 10. The lowest BCUT2D eigenvalue weighted by molar-refractivity contribution is -0.141. The maximum atomic E-state index is 11.4. The molecule has 9 rings (SSSR count). The number of ketones is 1. The summed E-state index contributed by atoms with van der Waals surface area (Å²) in [6.07, 6.45) is 11.3. The molecule has 20 nitrogen and oxygen atoms in total. The number of carbonyl (C=O) groups is 11. The summed E-state index contributed by atoms with van der Waals surface area (Å²) in [6, 6.07) is 0.137. The summed E-state index contributed by atoms with van der Waals surface area (Å²) in [4.78, 5) is 131. The average Bonchev–Trinajstić information content (AvgIpc) is 1.65. The number of imide groups is 5. The highest BCUT2D eigenvalue weighted by molar-refractivity contribution is 6.58. The molecule has 9 heterocycles. The second-order valence-electron chi connectivity index (χ2n) is 29.1. The second-order valence-corrected chi connectivity index (χ2v) is 30.2. The number of epoxide rings is 3. The van der Waals surface area contributed by atoms with Gasteiger partial charge in [-0.25, -0.2) is 0 Å². The van der Waals surface area contributed by atoms with Crippen molar-refractivity contribution in [2.45, 2.75) is 273 Å². The summed E-state index contributed by atoms with van der Waals surface area (Å²) >= 11 is 16.4. The molecule has 0 spiro atoms. The number of hydrogen-bond acceptors (Lipinski definition) is 15. The Labute approximate surface area is 569 Å². The minimum Gasteiger partial charge on any atom is -0.373 e. The average molecular weight is 1370 g/mol. The molecule has 0 aromatic carbocycles. The summed E-state index contributed by atoms with van der Waals surface area (Å²) in [6.45, 7) is 59.2. The SMILES string of the molecule is C=CC(=O)C1CCCN1C(C)C.CC(C)(C)C1CO1.CC(C)C1OC1C(C)(C)C.CC(C)N1C(=O)C(Cl)=C(Cl)C1=O.CC(C)N1C(=O)C=C(Cl)C1=O.CC(C)N1C(=O)C=CC1=O.CC1=C(C)C(=O)N(C(C)C)C1=O.CC1=CC(=O)N(C(C)C)C1=O.CC1OC1C(C)(C)C. The lowest BCUT2D eigenvalue weighted by Crippen LogP contribution is -2.39. The Balaban J connectivity index is 0.000000525. The first kappa shape index (κ1) is 85.5. The van der Waals surface area contributed by atoms with E-state index >= 15 is 0 Å². The highest BCUT2D eigenvalue weighted by Crippen LogP contribution is 2.42. The number of hydrogen-bond donors (Lipinski definition) is 0. The number of nitrogens with zero attached hydrogens (tertiary/aromatic N) is 6. The smallest absolute Gasteiger partial charge is 0.274 e. The molecule has 6 atom stereocenters. The van der Waals surface area contributed by atoms with Crippen molar-refractivity contribution in [1.82, 2.24) is 29.4 Å². The minimum atomic E-state index is -0.512. The quantitative estimate of drug-likeness (QED) is 0.118. The van der Waals surface area contributed by atoms with Crippen LogP contribution < -0.4 is 0 Å². The molecule has 0 bridgehead atoms. The van der Waals surface area contributed by atoms with Gasteiger partial charge in [-0.3, -0.25) is 82.1 Å². The Kier molecular flexibility index (Phi) is 33.1. The summed E-state index contributed by atoms with van der Waals surface area (Å²) < 4.78 is 15.9. The Morgan fingerprint density at radius 2 is 0.892 bits per heavy atom. The fourth-order valence-corrected chi connectivity index (χ4v) is 10.5. The summed E-state index contributed by atoms with van der Waals surface area (Å²) in [7, 11) is 0. The first-order chi connectivity index (χ1) is 42.3. The van der Waals surface area contributed by atoms with Crippen molar-refractivity contribution in [3.05, 3.63) is 68.8 Å². The molecule has 0 aromatic heterocycles. The molecule has 23 heteroatoms. The molecule has 10 amide bonds. The van der Waals surface area contributed by atoms with Gasteiger partial charge in [-0.15, -0.1) is 0 Å². The van der Waals surface area contributed by atoms with Gasteiger partial charge in [0.1, 0.15) is 15.1 Å². The number of rotatable bonds is 9. The third-order valence-electron chi connectivity index (χ3n) is 15.5. The summed E-state index contributed by atoms with van der Waals surface area (Å²) in [5.74, 6) is -1.94. The van der Waals surface area contributed by atoms with Gasteiger partial charge in [0.25, 0.3) is 59.1 Å². The van der Waals surface area contributed by atoms with Crippen LogP contribution in [0.1, 0.15) is 200 Å². The van der Waals surface area contributed by atoms with Crippen LogP contribution >= 0.6 is 34.8 Å². The van der Waals surface area contributed by atoms with E-state index in [-0.39, 0.29) is 98.5 Å². The van der Waals surface area contributed by atoms with Gasteiger partial charge in [-0.2, -0.15) is 0 Å². The van der Waals surface area contributed by atoms with E-state index < -0.39 is 17.7 Å². The van der Waals surface area contributed by atoms with Crippen molar-refractivity contribution in [2.24, 2.45) is 22.2 Å². The number of ether oxygens (including phenoxy) is 3. The van der Waals surface area contributed by atoms with E-state index in [2.05, 4.69) is 108 Å². The van der Waals surface area contributed by atoms with Crippen LogP contribution in [-0.2, 0) is 67.0 Å². The molecule has 0 N–H and O–H groups in total. The molecule has 0 radical (unpaired) electrons. The van der Waals surface area contributed by atoms with Crippen molar-refractivity contribution in [3.63, 3.8) is 0 Å². The van der Waals surface area contributed by atoms with Gasteiger partial charge in [0, 0.05) is 77.3 Å². The zero-order chi connectivity index (χ0) is 72.8.